The quantitative estimate of drug-likeness (QED) is 0.740. The number of hydrogen-bond donors (Lipinski definition) is 1. The summed E-state index contributed by atoms with van der Waals surface area (Å²) in [6.45, 7) is 0. The van der Waals surface area contributed by atoms with Crippen molar-refractivity contribution in [2.24, 2.45) is 0 Å². The molecule has 0 atom stereocenters. The van der Waals surface area contributed by atoms with E-state index in [1.807, 2.05) is 22.7 Å². The van der Waals surface area contributed by atoms with E-state index in [4.69, 9.17) is 16.3 Å². The third-order valence-corrected chi connectivity index (χ3v) is 5.01. The van der Waals surface area contributed by atoms with Crippen molar-refractivity contribution in [3.8, 4) is 5.75 Å². The maximum atomic E-state index is 12.5. The molecular weight excluding hydrogens is 352 g/mol. The minimum atomic E-state index is -0.136. The number of fused-ring (bicyclic) bond motifs is 1. The Bertz CT molecular complexity index is 965. The van der Waals surface area contributed by atoms with Crippen LogP contribution in [0.2, 0.25) is 5.02 Å². The topological polar surface area (TPSA) is 68.5 Å². The first kappa shape index (κ1) is 16.8. The van der Waals surface area contributed by atoms with Crippen molar-refractivity contribution in [2.45, 2.75) is 31.6 Å². The number of nitrogens with one attached hydrogen (secondary N) is 1. The van der Waals surface area contributed by atoms with Crippen LogP contribution < -0.4 is 10.1 Å². The van der Waals surface area contributed by atoms with Crippen LogP contribution in [-0.4, -0.2) is 27.6 Å². The van der Waals surface area contributed by atoms with Crippen LogP contribution in [0.4, 0.5) is 5.69 Å². The Hall–Kier alpha value is -2.60. The normalized spacial score (nSPS) is 14.2. The van der Waals surface area contributed by atoms with Crippen LogP contribution in [0.5, 0.6) is 5.75 Å². The lowest BCUT2D eigenvalue weighted by molar-refractivity contribution is -0.115. The first-order chi connectivity index (χ1) is 12.6. The summed E-state index contributed by atoms with van der Waals surface area (Å²) in [5.74, 6) is 1.94. The van der Waals surface area contributed by atoms with Gasteiger partial charge in [-0.05, 0) is 43.2 Å². The average molecular weight is 371 g/mol. The minimum Gasteiger partial charge on any atom is -0.496 e. The largest absolute Gasteiger partial charge is 0.496 e. The lowest BCUT2D eigenvalue weighted by Crippen LogP contribution is -2.16. The molecule has 0 aliphatic heterocycles. The fourth-order valence-corrected chi connectivity index (χ4v) is 3.39. The summed E-state index contributed by atoms with van der Waals surface area (Å²) in [7, 11) is 1.58. The summed E-state index contributed by atoms with van der Waals surface area (Å²) in [6, 6.07) is 8.95. The first-order valence-electron chi connectivity index (χ1n) is 8.61. The Morgan fingerprint density at radius 1 is 1.31 bits per heavy atom. The van der Waals surface area contributed by atoms with Crippen LogP contribution in [0.3, 0.4) is 0 Å². The number of pyridine rings is 1. The Balaban J connectivity index is 1.53. The maximum Gasteiger partial charge on any atom is 0.228 e. The van der Waals surface area contributed by atoms with Crippen molar-refractivity contribution in [1.82, 2.24) is 14.6 Å². The Morgan fingerprint density at radius 3 is 2.88 bits per heavy atom. The number of nitrogens with zero attached hydrogens (tertiary/aromatic N) is 3. The monoisotopic (exact) mass is 370 g/mol. The molecular formula is C19H19ClN4O2. The predicted molar refractivity (Wildman–Crippen MR) is 99.9 cm³/mol. The van der Waals surface area contributed by atoms with Crippen molar-refractivity contribution in [3.05, 3.63) is 52.9 Å². The maximum absolute atomic E-state index is 12.5. The number of methoxy groups -OCH3 is 1. The van der Waals surface area contributed by atoms with E-state index in [-0.39, 0.29) is 12.3 Å². The van der Waals surface area contributed by atoms with Crippen LogP contribution in [0, 0.1) is 0 Å². The number of ether oxygens (including phenoxy) is 1. The lowest BCUT2D eigenvalue weighted by Gasteiger charge is -2.23. The Morgan fingerprint density at radius 2 is 2.15 bits per heavy atom. The van der Waals surface area contributed by atoms with Gasteiger partial charge in [0, 0.05) is 22.7 Å². The zero-order valence-corrected chi connectivity index (χ0v) is 15.2. The third-order valence-electron chi connectivity index (χ3n) is 4.78. The second kappa shape index (κ2) is 6.96. The summed E-state index contributed by atoms with van der Waals surface area (Å²) >= 11 is 6.03. The van der Waals surface area contributed by atoms with Crippen LogP contribution in [0.25, 0.3) is 5.65 Å². The molecule has 1 amide bonds. The molecule has 3 aromatic rings. The van der Waals surface area contributed by atoms with Gasteiger partial charge >= 0.3 is 0 Å². The van der Waals surface area contributed by atoms with E-state index in [0.29, 0.717) is 22.4 Å². The van der Waals surface area contributed by atoms with Gasteiger partial charge in [0.2, 0.25) is 5.91 Å². The Labute approximate surface area is 156 Å². The Kier molecular flexibility index (Phi) is 4.51. The number of benzene rings is 1. The zero-order valence-electron chi connectivity index (χ0n) is 14.4. The highest BCUT2D eigenvalue weighted by atomic mass is 35.5. The standard InChI is InChI=1S/C19H19ClN4O2/c1-26-16-7-5-14(20)9-13(16)10-18(25)21-15-6-8-17-22-23-19(24(17)11-15)12-3-2-4-12/h5-9,11-12H,2-4,10H2,1H3,(H,21,25). The van der Waals surface area contributed by atoms with Gasteiger partial charge in [0.05, 0.1) is 19.2 Å². The predicted octanol–water partition coefficient (Wildman–Crippen LogP) is 3.84. The summed E-state index contributed by atoms with van der Waals surface area (Å²) in [4.78, 5) is 12.5. The van der Waals surface area contributed by atoms with E-state index in [9.17, 15) is 4.79 Å². The molecule has 26 heavy (non-hydrogen) atoms. The van der Waals surface area contributed by atoms with Crippen molar-refractivity contribution in [3.63, 3.8) is 0 Å². The van der Waals surface area contributed by atoms with Crippen molar-refractivity contribution < 1.29 is 9.53 Å². The molecule has 6 nitrogen and oxygen atoms in total. The first-order valence-corrected chi connectivity index (χ1v) is 8.99. The molecule has 0 radical (unpaired) electrons. The highest BCUT2D eigenvalue weighted by Gasteiger charge is 2.24. The number of carbonyl (C=O) groups excluding carboxylic acids is 1. The van der Waals surface area contributed by atoms with E-state index < -0.39 is 0 Å². The lowest BCUT2D eigenvalue weighted by atomic mass is 9.85. The number of carbonyl (C=O) groups is 1. The fourth-order valence-electron chi connectivity index (χ4n) is 3.19. The number of rotatable bonds is 5. The molecule has 2 heterocycles. The van der Waals surface area contributed by atoms with Crippen molar-refractivity contribution in [2.75, 3.05) is 12.4 Å². The molecule has 1 aliphatic carbocycles. The van der Waals surface area contributed by atoms with Gasteiger partial charge in [0.1, 0.15) is 11.6 Å². The van der Waals surface area contributed by atoms with E-state index >= 15 is 0 Å². The van der Waals surface area contributed by atoms with Crippen molar-refractivity contribution >= 4 is 28.8 Å². The SMILES string of the molecule is COc1ccc(Cl)cc1CC(=O)Nc1ccc2nnc(C3CCC3)n2c1. The van der Waals surface area contributed by atoms with Crippen LogP contribution in [-0.2, 0) is 11.2 Å². The summed E-state index contributed by atoms with van der Waals surface area (Å²) in [6.07, 6.45) is 5.59. The molecule has 1 saturated carbocycles. The van der Waals surface area contributed by atoms with Gasteiger partial charge in [-0.1, -0.05) is 18.0 Å². The molecule has 0 unspecified atom stereocenters. The van der Waals surface area contributed by atoms with Gasteiger partial charge in [0.25, 0.3) is 0 Å². The molecule has 0 bridgehead atoms. The van der Waals surface area contributed by atoms with Gasteiger partial charge in [-0.3, -0.25) is 9.20 Å². The molecule has 1 aromatic carbocycles. The van der Waals surface area contributed by atoms with Gasteiger partial charge in [-0.25, -0.2) is 0 Å². The molecule has 1 aliphatic rings. The van der Waals surface area contributed by atoms with E-state index in [2.05, 4.69) is 15.5 Å². The number of halogens is 1. The highest BCUT2D eigenvalue weighted by Crippen LogP contribution is 2.35. The number of anilines is 1. The molecule has 1 N–H and O–H groups in total. The van der Waals surface area contributed by atoms with Gasteiger partial charge in [-0.2, -0.15) is 0 Å². The van der Waals surface area contributed by atoms with E-state index in [1.54, 1.807) is 25.3 Å². The zero-order chi connectivity index (χ0) is 18.1. The second-order valence-corrected chi connectivity index (χ2v) is 6.95. The summed E-state index contributed by atoms with van der Waals surface area (Å²) in [5.41, 5.74) is 2.25. The fraction of sp³-hybridized carbons (Fsp3) is 0.316. The molecule has 134 valence electrons. The van der Waals surface area contributed by atoms with Crippen LogP contribution in [0.1, 0.15) is 36.6 Å². The average Bonchev–Trinajstić information content (AvgIpc) is 2.96. The number of amides is 1. The van der Waals surface area contributed by atoms with Gasteiger partial charge < -0.3 is 10.1 Å². The molecule has 4 rings (SSSR count). The number of hydrogen-bond acceptors (Lipinski definition) is 4. The van der Waals surface area contributed by atoms with Gasteiger partial charge in [0.15, 0.2) is 5.65 Å². The van der Waals surface area contributed by atoms with Crippen LogP contribution >= 0.6 is 11.6 Å². The highest BCUT2D eigenvalue weighted by molar-refractivity contribution is 6.30. The minimum absolute atomic E-state index is 0.136. The third kappa shape index (κ3) is 3.24. The van der Waals surface area contributed by atoms with Crippen LogP contribution in [0.15, 0.2) is 36.5 Å². The molecule has 0 spiro atoms. The molecule has 1 fully saturated rings. The molecule has 7 heteroatoms. The second-order valence-electron chi connectivity index (χ2n) is 6.51. The molecule has 2 aromatic heterocycles. The van der Waals surface area contributed by atoms with Crippen molar-refractivity contribution in [1.29, 1.82) is 0 Å². The summed E-state index contributed by atoms with van der Waals surface area (Å²) < 4.78 is 7.27. The van der Waals surface area contributed by atoms with E-state index in [0.717, 1.165) is 29.9 Å². The number of aromatic nitrogens is 3. The summed E-state index contributed by atoms with van der Waals surface area (Å²) in [5, 5.41) is 12.0. The smallest absolute Gasteiger partial charge is 0.228 e. The van der Waals surface area contributed by atoms with E-state index in [1.165, 1.54) is 6.42 Å². The van der Waals surface area contributed by atoms with Gasteiger partial charge in [-0.15, -0.1) is 10.2 Å². The molecule has 0 saturated heterocycles.